The number of carbonyl (C=O) groups excluding carboxylic acids is 1. The zero-order chi connectivity index (χ0) is 18.7. The van der Waals surface area contributed by atoms with Crippen LogP contribution in [0.2, 0.25) is 0 Å². The van der Waals surface area contributed by atoms with Crippen molar-refractivity contribution in [1.29, 1.82) is 5.26 Å². The highest BCUT2D eigenvalue weighted by Gasteiger charge is 2.15. The molecule has 1 N–H and O–H groups in total. The maximum atomic E-state index is 12.5. The van der Waals surface area contributed by atoms with Crippen LogP contribution in [-0.4, -0.2) is 47.4 Å². The van der Waals surface area contributed by atoms with E-state index in [0.717, 1.165) is 23.4 Å². The average molecular weight is 347 g/mol. The summed E-state index contributed by atoms with van der Waals surface area (Å²) in [4.78, 5) is 19.0. The molecule has 0 aliphatic heterocycles. The van der Waals surface area contributed by atoms with Crippen LogP contribution in [0, 0.1) is 18.3 Å². The Labute approximate surface area is 152 Å². The van der Waals surface area contributed by atoms with E-state index < -0.39 is 0 Å². The number of nitrogens with zero attached hydrogens (tertiary/aromatic N) is 4. The quantitative estimate of drug-likeness (QED) is 0.769. The SMILES string of the molecule is Cc1ccc(-c2cnc3c(C(=O)NCCN(C)C)cccn23)cc1C#N. The van der Waals surface area contributed by atoms with Gasteiger partial charge in [0.05, 0.1) is 29.1 Å². The van der Waals surface area contributed by atoms with Gasteiger partial charge >= 0.3 is 0 Å². The van der Waals surface area contributed by atoms with Gasteiger partial charge in [-0.1, -0.05) is 12.1 Å². The van der Waals surface area contributed by atoms with Crippen molar-refractivity contribution in [3.8, 4) is 17.3 Å². The van der Waals surface area contributed by atoms with E-state index in [4.69, 9.17) is 0 Å². The molecular formula is C20H21N5O. The van der Waals surface area contributed by atoms with Crippen LogP contribution in [0.3, 0.4) is 0 Å². The second kappa shape index (κ2) is 7.38. The van der Waals surface area contributed by atoms with Crippen LogP contribution in [-0.2, 0) is 0 Å². The van der Waals surface area contributed by atoms with E-state index in [0.29, 0.717) is 23.3 Å². The molecule has 6 nitrogen and oxygen atoms in total. The van der Waals surface area contributed by atoms with Gasteiger partial charge in [-0.15, -0.1) is 0 Å². The molecule has 0 spiro atoms. The number of benzene rings is 1. The van der Waals surface area contributed by atoms with Crippen molar-refractivity contribution in [3.05, 3.63) is 59.4 Å². The molecular weight excluding hydrogens is 326 g/mol. The summed E-state index contributed by atoms with van der Waals surface area (Å²) in [5.74, 6) is -0.142. The fraction of sp³-hybridized carbons (Fsp3) is 0.250. The number of fused-ring (bicyclic) bond motifs is 1. The molecule has 26 heavy (non-hydrogen) atoms. The zero-order valence-electron chi connectivity index (χ0n) is 15.2. The molecule has 3 rings (SSSR count). The molecule has 0 atom stereocenters. The van der Waals surface area contributed by atoms with Crippen molar-refractivity contribution in [2.24, 2.45) is 0 Å². The van der Waals surface area contributed by atoms with Gasteiger partial charge in [0.25, 0.3) is 5.91 Å². The number of nitrogens with one attached hydrogen (secondary N) is 1. The highest BCUT2D eigenvalue weighted by Crippen LogP contribution is 2.24. The molecule has 2 aromatic heterocycles. The predicted molar refractivity (Wildman–Crippen MR) is 101 cm³/mol. The van der Waals surface area contributed by atoms with Gasteiger partial charge < -0.3 is 10.2 Å². The number of rotatable bonds is 5. The number of likely N-dealkylation sites (N-methyl/N-ethyl adjacent to an activating group) is 1. The molecule has 1 aromatic carbocycles. The molecule has 0 aliphatic rings. The van der Waals surface area contributed by atoms with Crippen LogP contribution in [0.25, 0.3) is 16.9 Å². The Bertz CT molecular complexity index is 997. The first-order valence-electron chi connectivity index (χ1n) is 8.41. The minimum atomic E-state index is -0.142. The fourth-order valence-electron chi connectivity index (χ4n) is 2.79. The van der Waals surface area contributed by atoms with E-state index in [-0.39, 0.29) is 5.91 Å². The van der Waals surface area contributed by atoms with Crippen LogP contribution in [0.15, 0.2) is 42.7 Å². The molecule has 0 saturated carbocycles. The molecule has 132 valence electrons. The van der Waals surface area contributed by atoms with Crippen molar-refractivity contribution < 1.29 is 4.79 Å². The fourth-order valence-corrected chi connectivity index (χ4v) is 2.79. The lowest BCUT2D eigenvalue weighted by molar-refractivity contribution is 0.0952. The predicted octanol–water partition coefficient (Wildman–Crippen LogP) is 2.47. The summed E-state index contributed by atoms with van der Waals surface area (Å²) in [6.07, 6.45) is 3.61. The third-order valence-electron chi connectivity index (χ3n) is 4.28. The number of hydrogen-bond donors (Lipinski definition) is 1. The first kappa shape index (κ1) is 17.6. The smallest absolute Gasteiger partial charge is 0.255 e. The van der Waals surface area contributed by atoms with Crippen LogP contribution < -0.4 is 5.32 Å². The number of nitriles is 1. The first-order chi connectivity index (χ1) is 12.5. The highest BCUT2D eigenvalue weighted by molar-refractivity contribution is 6.00. The molecule has 3 aromatic rings. The van der Waals surface area contributed by atoms with E-state index in [9.17, 15) is 10.1 Å². The van der Waals surface area contributed by atoms with Crippen LogP contribution in [0.1, 0.15) is 21.5 Å². The number of hydrogen-bond acceptors (Lipinski definition) is 4. The topological polar surface area (TPSA) is 73.4 Å². The second-order valence-corrected chi connectivity index (χ2v) is 6.46. The minimum Gasteiger partial charge on any atom is -0.351 e. The maximum Gasteiger partial charge on any atom is 0.255 e. The van der Waals surface area contributed by atoms with Crippen LogP contribution in [0.5, 0.6) is 0 Å². The van der Waals surface area contributed by atoms with Gasteiger partial charge in [-0.2, -0.15) is 5.26 Å². The van der Waals surface area contributed by atoms with Crippen LogP contribution in [0.4, 0.5) is 0 Å². The number of pyridine rings is 1. The van der Waals surface area contributed by atoms with E-state index in [1.807, 2.05) is 60.8 Å². The monoisotopic (exact) mass is 347 g/mol. The van der Waals surface area contributed by atoms with Gasteiger partial charge in [-0.05, 0) is 44.8 Å². The van der Waals surface area contributed by atoms with Crippen molar-refractivity contribution in [2.75, 3.05) is 27.2 Å². The van der Waals surface area contributed by atoms with Gasteiger partial charge in [-0.3, -0.25) is 9.20 Å². The standard InChI is InChI=1S/C20H21N5O/c1-14-6-7-15(11-16(14)12-21)18-13-23-19-17(5-4-9-25(18)19)20(26)22-8-10-24(2)3/h4-7,9,11,13H,8,10H2,1-3H3,(H,22,26). The number of amides is 1. The largest absolute Gasteiger partial charge is 0.351 e. The number of aromatic nitrogens is 2. The van der Waals surface area contributed by atoms with Crippen molar-refractivity contribution in [2.45, 2.75) is 6.92 Å². The Morgan fingerprint density at radius 1 is 1.35 bits per heavy atom. The second-order valence-electron chi connectivity index (χ2n) is 6.46. The van der Waals surface area contributed by atoms with Gasteiger partial charge in [0.2, 0.25) is 0 Å². The van der Waals surface area contributed by atoms with Gasteiger partial charge in [0, 0.05) is 24.8 Å². The van der Waals surface area contributed by atoms with E-state index >= 15 is 0 Å². The molecule has 0 saturated heterocycles. The van der Waals surface area contributed by atoms with Crippen molar-refractivity contribution in [3.63, 3.8) is 0 Å². The summed E-state index contributed by atoms with van der Waals surface area (Å²) in [5, 5.41) is 12.2. The zero-order valence-corrected chi connectivity index (χ0v) is 15.2. The maximum absolute atomic E-state index is 12.5. The lowest BCUT2D eigenvalue weighted by Crippen LogP contribution is -2.31. The Morgan fingerprint density at radius 2 is 2.15 bits per heavy atom. The molecule has 0 radical (unpaired) electrons. The molecule has 2 heterocycles. The number of imidazole rings is 1. The van der Waals surface area contributed by atoms with E-state index in [1.165, 1.54) is 0 Å². The third kappa shape index (κ3) is 3.44. The van der Waals surface area contributed by atoms with Crippen LogP contribution >= 0.6 is 0 Å². The number of aryl methyl sites for hydroxylation is 1. The Balaban J connectivity index is 1.97. The van der Waals surface area contributed by atoms with E-state index in [1.54, 1.807) is 12.3 Å². The summed E-state index contributed by atoms with van der Waals surface area (Å²) in [6, 6.07) is 11.5. The third-order valence-corrected chi connectivity index (χ3v) is 4.28. The molecule has 1 amide bonds. The average Bonchev–Trinajstić information content (AvgIpc) is 3.06. The van der Waals surface area contributed by atoms with Gasteiger partial charge in [-0.25, -0.2) is 4.98 Å². The number of carbonyl (C=O) groups is 1. The summed E-state index contributed by atoms with van der Waals surface area (Å²) in [6.45, 7) is 3.26. The molecule has 0 aliphatic carbocycles. The Hall–Kier alpha value is -3.17. The minimum absolute atomic E-state index is 0.142. The summed E-state index contributed by atoms with van der Waals surface area (Å²) in [5.41, 5.74) is 4.44. The molecule has 0 unspecified atom stereocenters. The summed E-state index contributed by atoms with van der Waals surface area (Å²) >= 11 is 0. The summed E-state index contributed by atoms with van der Waals surface area (Å²) in [7, 11) is 3.93. The van der Waals surface area contributed by atoms with Crippen molar-refractivity contribution >= 4 is 11.6 Å². The van der Waals surface area contributed by atoms with E-state index in [2.05, 4.69) is 16.4 Å². The summed E-state index contributed by atoms with van der Waals surface area (Å²) < 4.78 is 1.88. The van der Waals surface area contributed by atoms with Crippen molar-refractivity contribution in [1.82, 2.24) is 19.6 Å². The first-order valence-corrected chi connectivity index (χ1v) is 8.41. The highest BCUT2D eigenvalue weighted by atomic mass is 16.1. The molecule has 0 fully saturated rings. The Kier molecular flexibility index (Phi) is 5.01. The molecule has 6 heteroatoms. The van der Waals surface area contributed by atoms with Gasteiger partial charge in [0.1, 0.15) is 5.65 Å². The Morgan fingerprint density at radius 3 is 2.88 bits per heavy atom. The lowest BCUT2D eigenvalue weighted by atomic mass is 10.0. The molecule has 0 bridgehead atoms. The van der Waals surface area contributed by atoms with Gasteiger partial charge in [0.15, 0.2) is 0 Å². The normalized spacial score (nSPS) is 10.9. The lowest BCUT2D eigenvalue weighted by Gasteiger charge is -2.11.